The van der Waals surface area contributed by atoms with Crippen molar-refractivity contribution in [2.75, 3.05) is 7.11 Å². The van der Waals surface area contributed by atoms with Crippen LogP contribution in [0.2, 0.25) is 0 Å². The van der Waals surface area contributed by atoms with Crippen LogP contribution < -0.4 is 14.9 Å². The maximum atomic E-state index is 14.2. The fourth-order valence-electron chi connectivity index (χ4n) is 6.14. The summed E-state index contributed by atoms with van der Waals surface area (Å²) in [6, 6.07) is 17.2. The summed E-state index contributed by atoms with van der Waals surface area (Å²) in [5, 5.41) is 2.47. The van der Waals surface area contributed by atoms with Crippen LogP contribution in [0.3, 0.4) is 0 Å². The SMILES string of the molecule is COc1cc2c(c3c1c(=O)c1cc4ccccc4cc1n3C)[C@@H](OC(C)=O)[C@@H](OC(=O)/C=C/c1ccc(C(F)(F)F)cc1)C(C)(C)O2. The van der Waals surface area contributed by atoms with E-state index in [1.165, 1.54) is 32.2 Å². The smallest absolute Gasteiger partial charge is 0.416 e. The number of nitrogens with zero attached hydrogens (tertiary/aromatic N) is 1. The molecular formula is C36H30F3NO7. The topological polar surface area (TPSA) is 93.1 Å². The summed E-state index contributed by atoms with van der Waals surface area (Å²) in [6.07, 6.45) is -4.53. The second kappa shape index (κ2) is 11.5. The fourth-order valence-corrected chi connectivity index (χ4v) is 6.14. The Balaban J connectivity index is 1.50. The molecule has 0 unspecified atom stereocenters. The highest BCUT2D eigenvalue weighted by atomic mass is 19.4. The van der Waals surface area contributed by atoms with E-state index in [4.69, 9.17) is 18.9 Å². The van der Waals surface area contributed by atoms with Crippen LogP contribution in [0.4, 0.5) is 13.2 Å². The van der Waals surface area contributed by atoms with Gasteiger partial charge in [0.05, 0.1) is 34.7 Å². The molecule has 11 heteroatoms. The molecule has 0 fully saturated rings. The number of rotatable bonds is 5. The summed E-state index contributed by atoms with van der Waals surface area (Å²) in [4.78, 5) is 39.9. The number of esters is 2. The number of pyridine rings is 1. The Morgan fingerprint density at radius 3 is 2.26 bits per heavy atom. The number of aryl methyl sites for hydroxylation is 1. The lowest BCUT2D eigenvalue weighted by molar-refractivity contribution is -0.185. The van der Waals surface area contributed by atoms with Gasteiger partial charge in [0.1, 0.15) is 17.1 Å². The number of methoxy groups -OCH3 is 1. The van der Waals surface area contributed by atoms with E-state index in [9.17, 15) is 27.6 Å². The highest BCUT2D eigenvalue weighted by Gasteiger charge is 2.50. The van der Waals surface area contributed by atoms with Gasteiger partial charge in [0.2, 0.25) is 5.43 Å². The zero-order valence-electron chi connectivity index (χ0n) is 26.1. The Kier molecular flexibility index (Phi) is 7.73. The number of ether oxygens (including phenoxy) is 4. The van der Waals surface area contributed by atoms with Crippen molar-refractivity contribution in [2.45, 2.75) is 44.8 Å². The zero-order chi connectivity index (χ0) is 33.8. The van der Waals surface area contributed by atoms with Crippen molar-refractivity contribution in [1.29, 1.82) is 0 Å². The van der Waals surface area contributed by atoms with E-state index in [0.29, 0.717) is 27.5 Å². The summed E-state index contributed by atoms with van der Waals surface area (Å²) >= 11 is 0. The normalized spacial score (nSPS) is 17.4. The first-order valence-corrected chi connectivity index (χ1v) is 14.7. The van der Waals surface area contributed by atoms with Gasteiger partial charge in [0, 0.05) is 31.5 Å². The Bertz CT molecular complexity index is 2170. The maximum Gasteiger partial charge on any atom is 0.416 e. The average molecular weight is 646 g/mol. The van der Waals surface area contributed by atoms with Crippen molar-refractivity contribution >= 4 is 50.6 Å². The van der Waals surface area contributed by atoms with E-state index in [1.54, 1.807) is 31.5 Å². The Hall–Kier alpha value is -5.32. The summed E-state index contributed by atoms with van der Waals surface area (Å²) in [6.45, 7) is 4.54. The molecule has 47 heavy (non-hydrogen) atoms. The first kappa shape index (κ1) is 31.7. The standard InChI is InChI=1S/C36H30F3NO7/c1-19(41)45-33-30-27(47-35(2,3)34(33)46-28(42)15-12-20-10-13-23(14-11-20)36(37,38)39)18-26(44-5)29-31(30)40(4)25-17-22-9-7-6-8-21(22)16-24(25)32(29)43/h6-18,33-34H,1-5H3/b15-12+/t33-,34-/m1/s1. The van der Waals surface area contributed by atoms with Gasteiger partial charge >= 0.3 is 18.1 Å². The van der Waals surface area contributed by atoms with E-state index >= 15 is 0 Å². The minimum Gasteiger partial charge on any atom is -0.496 e. The molecule has 1 aliphatic heterocycles. The lowest BCUT2D eigenvalue weighted by atomic mass is 9.86. The van der Waals surface area contributed by atoms with E-state index < -0.39 is 41.5 Å². The molecule has 2 heterocycles. The van der Waals surface area contributed by atoms with Crippen LogP contribution in [0, 0.1) is 0 Å². The summed E-state index contributed by atoms with van der Waals surface area (Å²) in [5.41, 5.74) is -0.752. The molecule has 0 spiro atoms. The number of carbonyl (C=O) groups is 2. The number of benzene rings is 4. The molecule has 0 aliphatic carbocycles. The summed E-state index contributed by atoms with van der Waals surface area (Å²) in [7, 11) is 3.22. The predicted molar refractivity (Wildman–Crippen MR) is 170 cm³/mol. The molecule has 0 saturated carbocycles. The van der Waals surface area contributed by atoms with Crippen molar-refractivity contribution in [3.8, 4) is 11.5 Å². The van der Waals surface area contributed by atoms with Crippen molar-refractivity contribution in [1.82, 2.24) is 4.57 Å². The number of hydrogen-bond acceptors (Lipinski definition) is 7. The summed E-state index contributed by atoms with van der Waals surface area (Å²) in [5.74, 6) is -0.994. The van der Waals surface area contributed by atoms with Gasteiger partial charge in [-0.2, -0.15) is 13.2 Å². The van der Waals surface area contributed by atoms with Crippen LogP contribution in [-0.2, 0) is 32.3 Å². The lowest BCUT2D eigenvalue weighted by Gasteiger charge is -2.43. The van der Waals surface area contributed by atoms with Crippen LogP contribution in [0.5, 0.6) is 11.5 Å². The largest absolute Gasteiger partial charge is 0.496 e. The molecule has 1 aliphatic rings. The van der Waals surface area contributed by atoms with Crippen LogP contribution in [0.15, 0.2) is 77.6 Å². The monoisotopic (exact) mass is 645 g/mol. The molecule has 0 bridgehead atoms. The van der Waals surface area contributed by atoms with Gasteiger partial charge in [-0.1, -0.05) is 36.4 Å². The third-order valence-corrected chi connectivity index (χ3v) is 8.32. The van der Waals surface area contributed by atoms with Crippen molar-refractivity contribution in [3.63, 3.8) is 0 Å². The van der Waals surface area contributed by atoms with Crippen molar-refractivity contribution in [3.05, 3.63) is 99.7 Å². The van der Waals surface area contributed by atoms with Crippen molar-refractivity contribution < 1.29 is 41.7 Å². The van der Waals surface area contributed by atoms with Gasteiger partial charge in [-0.3, -0.25) is 9.59 Å². The first-order valence-electron chi connectivity index (χ1n) is 14.7. The number of fused-ring (bicyclic) bond motifs is 5. The molecule has 0 radical (unpaired) electrons. The molecule has 8 nitrogen and oxygen atoms in total. The molecule has 242 valence electrons. The van der Waals surface area contributed by atoms with Gasteiger partial charge in [-0.25, -0.2) is 4.79 Å². The van der Waals surface area contributed by atoms with E-state index in [0.717, 1.165) is 29.0 Å². The zero-order valence-corrected chi connectivity index (χ0v) is 26.1. The van der Waals surface area contributed by atoms with Crippen LogP contribution in [-0.4, -0.2) is 35.3 Å². The number of aromatic nitrogens is 1. The number of carbonyl (C=O) groups excluding carboxylic acids is 2. The molecule has 0 N–H and O–H groups in total. The maximum absolute atomic E-state index is 14.2. The minimum atomic E-state index is -4.49. The van der Waals surface area contributed by atoms with Gasteiger partial charge in [0.25, 0.3) is 0 Å². The first-order chi connectivity index (χ1) is 22.2. The second-order valence-corrected chi connectivity index (χ2v) is 11.9. The minimum absolute atomic E-state index is 0.226. The van der Waals surface area contributed by atoms with E-state index in [1.807, 2.05) is 36.4 Å². The van der Waals surface area contributed by atoms with Gasteiger partial charge in [0.15, 0.2) is 12.2 Å². The number of alkyl halides is 3. The quantitative estimate of drug-likeness (QED) is 0.113. The molecule has 6 rings (SSSR count). The van der Waals surface area contributed by atoms with Crippen LogP contribution in [0.25, 0.3) is 38.7 Å². The third-order valence-electron chi connectivity index (χ3n) is 8.32. The summed E-state index contributed by atoms with van der Waals surface area (Å²) < 4.78 is 64.5. The Morgan fingerprint density at radius 2 is 1.64 bits per heavy atom. The highest BCUT2D eigenvalue weighted by molar-refractivity contribution is 6.04. The Labute approximate surface area is 266 Å². The van der Waals surface area contributed by atoms with Crippen LogP contribution in [0.1, 0.15) is 43.6 Å². The lowest BCUT2D eigenvalue weighted by Crippen LogP contribution is -2.52. The molecule has 4 aromatic carbocycles. The van der Waals surface area contributed by atoms with Crippen molar-refractivity contribution in [2.24, 2.45) is 7.05 Å². The molecular weight excluding hydrogens is 615 g/mol. The molecule has 0 amide bonds. The number of hydrogen-bond donors (Lipinski definition) is 0. The highest BCUT2D eigenvalue weighted by Crippen LogP contribution is 2.49. The fraction of sp³-hybridized carbons (Fsp3) is 0.250. The average Bonchev–Trinajstić information content (AvgIpc) is 3.02. The Morgan fingerprint density at radius 1 is 0.979 bits per heavy atom. The van der Waals surface area contributed by atoms with Gasteiger partial charge in [-0.05, 0) is 60.5 Å². The molecule has 2 atom stereocenters. The molecule has 0 saturated heterocycles. The second-order valence-electron chi connectivity index (χ2n) is 11.9. The predicted octanol–water partition coefficient (Wildman–Crippen LogP) is 7.27. The number of halogens is 3. The van der Waals surface area contributed by atoms with E-state index in [2.05, 4.69) is 0 Å². The molecule has 5 aromatic rings. The van der Waals surface area contributed by atoms with Gasteiger partial charge < -0.3 is 23.5 Å². The van der Waals surface area contributed by atoms with Crippen LogP contribution >= 0.6 is 0 Å². The third kappa shape index (κ3) is 5.66. The van der Waals surface area contributed by atoms with E-state index in [-0.39, 0.29) is 22.3 Å². The van der Waals surface area contributed by atoms with Gasteiger partial charge in [-0.15, -0.1) is 0 Å². The molecule has 1 aromatic heterocycles.